The first-order chi connectivity index (χ1) is 10.1. The molecule has 0 aromatic heterocycles. The van der Waals surface area contributed by atoms with E-state index < -0.39 is 0 Å². The molecule has 1 atom stereocenters. The maximum atomic E-state index is 14.0. The van der Waals surface area contributed by atoms with Gasteiger partial charge in [-0.05, 0) is 56.5 Å². The first kappa shape index (κ1) is 16.3. The zero-order valence-corrected chi connectivity index (χ0v) is 13.7. The average molecular weight is 292 g/mol. The molecule has 0 bridgehead atoms. The van der Waals surface area contributed by atoms with Crippen LogP contribution in [-0.2, 0) is 0 Å². The molecule has 1 saturated heterocycles. The van der Waals surface area contributed by atoms with Crippen LogP contribution in [0.25, 0.3) is 0 Å². The summed E-state index contributed by atoms with van der Waals surface area (Å²) in [4.78, 5) is 2.47. The van der Waals surface area contributed by atoms with Crippen LogP contribution < -0.4 is 10.2 Å². The third kappa shape index (κ3) is 4.19. The van der Waals surface area contributed by atoms with E-state index in [1.165, 1.54) is 37.8 Å². The Morgan fingerprint density at radius 2 is 1.76 bits per heavy atom. The largest absolute Gasteiger partial charge is 0.371 e. The Morgan fingerprint density at radius 3 is 2.38 bits per heavy atom. The predicted octanol–water partition coefficient (Wildman–Crippen LogP) is 4.58. The van der Waals surface area contributed by atoms with Crippen LogP contribution in [0.5, 0.6) is 0 Å². The zero-order valence-electron chi connectivity index (χ0n) is 13.7. The minimum atomic E-state index is -0.0921. The Kier molecular flexibility index (Phi) is 6.04. The van der Waals surface area contributed by atoms with Gasteiger partial charge in [0.05, 0.1) is 0 Å². The highest BCUT2D eigenvalue weighted by Crippen LogP contribution is 2.30. The molecule has 1 heterocycles. The Hall–Kier alpha value is -1.09. The van der Waals surface area contributed by atoms with Crippen LogP contribution >= 0.6 is 0 Å². The van der Waals surface area contributed by atoms with Crippen LogP contribution in [0.4, 0.5) is 10.1 Å². The van der Waals surface area contributed by atoms with Gasteiger partial charge in [0.1, 0.15) is 5.82 Å². The number of benzene rings is 1. The van der Waals surface area contributed by atoms with Gasteiger partial charge in [0.15, 0.2) is 0 Å². The number of aryl methyl sites for hydroxylation is 1. The highest BCUT2D eigenvalue weighted by molar-refractivity contribution is 5.57. The second-order valence-corrected chi connectivity index (χ2v) is 6.19. The number of hydrogen-bond donors (Lipinski definition) is 1. The van der Waals surface area contributed by atoms with Crippen LogP contribution in [0, 0.1) is 12.7 Å². The summed E-state index contributed by atoms with van der Waals surface area (Å²) in [6.45, 7) is 9.17. The van der Waals surface area contributed by atoms with Crippen molar-refractivity contribution in [1.82, 2.24) is 5.32 Å². The smallest absolute Gasteiger partial charge is 0.126 e. The molecule has 1 aliphatic rings. The van der Waals surface area contributed by atoms with Crippen LogP contribution in [-0.4, -0.2) is 19.6 Å². The highest BCUT2D eigenvalue weighted by atomic mass is 19.1. The van der Waals surface area contributed by atoms with E-state index in [0.29, 0.717) is 0 Å². The van der Waals surface area contributed by atoms with E-state index in [1.54, 1.807) is 6.07 Å². The van der Waals surface area contributed by atoms with Gasteiger partial charge in [0.2, 0.25) is 0 Å². The number of nitrogens with one attached hydrogen (secondary N) is 1. The van der Waals surface area contributed by atoms with Gasteiger partial charge >= 0.3 is 0 Å². The molecule has 2 nitrogen and oxygen atoms in total. The zero-order chi connectivity index (χ0) is 15.2. The van der Waals surface area contributed by atoms with Crippen molar-refractivity contribution in [3.8, 4) is 0 Å². The molecular formula is C18H29FN2. The summed E-state index contributed by atoms with van der Waals surface area (Å²) in [5.41, 5.74) is 3.07. The molecule has 1 aromatic carbocycles. The molecule has 0 aliphatic carbocycles. The fraction of sp³-hybridized carbons (Fsp3) is 0.667. The SMILES string of the molecule is CCNC(C)c1cc(F)c(C)cc1N1CCCCCCC1. The standard InChI is InChI=1S/C18H29FN2/c1-4-20-15(3)16-13-17(19)14(2)12-18(16)21-10-8-6-5-7-9-11-21/h12-13,15,20H,4-11H2,1-3H3. The number of halogens is 1. The topological polar surface area (TPSA) is 15.3 Å². The van der Waals surface area contributed by atoms with Crippen molar-refractivity contribution >= 4 is 5.69 Å². The number of nitrogens with zero attached hydrogens (tertiary/aromatic N) is 1. The van der Waals surface area contributed by atoms with Gasteiger partial charge in [-0.25, -0.2) is 4.39 Å². The van der Waals surface area contributed by atoms with E-state index in [1.807, 2.05) is 13.0 Å². The third-order valence-corrected chi connectivity index (χ3v) is 4.48. The third-order valence-electron chi connectivity index (χ3n) is 4.48. The minimum Gasteiger partial charge on any atom is -0.371 e. The fourth-order valence-corrected chi connectivity index (χ4v) is 3.21. The van der Waals surface area contributed by atoms with Gasteiger partial charge in [-0.15, -0.1) is 0 Å². The van der Waals surface area contributed by atoms with Crippen molar-refractivity contribution in [2.24, 2.45) is 0 Å². The summed E-state index contributed by atoms with van der Waals surface area (Å²) in [6, 6.07) is 3.96. The minimum absolute atomic E-state index is 0.0921. The van der Waals surface area contributed by atoms with E-state index in [-0.39, 0.29) is 11.9 Å². The highest BCUT2D eigenvalue weighted by Gasteiger charge is 2.18. The molecule has 21 heavy (non-hydrogen) atoms. The molecule has 0 saturated carbocycles. The van der Waals surface area contributed by atoms with Gasteiger partial charge in [-0.1, -0.05) is 26.2 Å². The Bertz CT molecular complexity index is 451. The predicted molar refractivity (Wildman–Crippen MR) is 88.5 cm³/mol. The quantitative estimate of drug-likeness (QED) is 0.874. The maximum absolute atomic E-state index is 14.0. The molecule has 0 amide bonds. The van der Waals surface area contributed by atoms with E-state index in [9.17, 15) is 4.39 Å². The summed E-state index contributed by atoms with van der Waals surface area (Å²) in [5, 5.41) is 3.42. The molecule has 118 valence electrons. The molecular weight excluding hydrogens is 263 g/mol. The molecule has 1 N–H and O–H groups in total. The molecule has 2 rings (SSSR count). The summed E-state index contributed by atoms with van der Waals surface area (Å²) in [6.07, 6.45) is 6.47. The van der Waals surface area contributed by atoms with Crippen molar-refractivity contribution < 1.29 is 4.39 Å². The molecule has 1 unspecified atom stereocenters. The Balaban J connectivity index is 2.32. The second kappa shape index (κ2) is 7.79. The number of anilines is 1. The molecule has 0 spiro atoms. The first-order valence-electron chi connectivity index (χ1n) is 8.42. The van der Waals surface area contributed by atoms with Crippen molar-refractivity contribution in [3.05, 3.63) is 29.1 Å². The second-order valence-electron chi connectivity index (χ2n) is 6.19. The van der Waals surface area contributed by atoms with Gasteiger partial charge in [0.25, 0.3) is 0 Å². The Morgan fingerprint density at radius 1 is 1.14 bits per heavy atom. The lowest BCUT2D eigenvalue weighted by Crippen LogP contribution is -2.30. The summed E-state index contributed by atoms with van der Waals surface area (Å²) in [7, 11) is 0. The van der Waals surface area contributed by atoms with Crippen molar-refractivity contribution in [1.29, 1.82) is 0 Å². The van der Waals surface area contributed by atoms with Crippen molar-refractivity contribution in [3.63, 3.8) is 0 Å². The molecule has 1 aliphatic heterocycles. The normalized spacial score (nSPS) is 18.2. The van der Waals surface area contributed by atoms with Gasteiger partial charge in [0, 0.05) is 24.8 Å². The number of rotatable bonds is 4. The van der Waals surface area contributed by atoms with Crippen LogP contribution in [0.3, 0.4) is 0 Å². The van der Waals surface area contributed by atoms with E-state index in [0.717, 1.165) is 30.8 Å². The van der Waals surface area contributed by atoms with Crippen LogP contribution in [0.1, 0.15) is 63.1 Å². The van der Waals surface area contributed by atoms with E-state index in [2.05, 4.69) is 24.1 Å². The average Bonchev–Trinajstić information content (AvgIpc) is 2.41. The maximum Gasteiger partial charge on any atom is 0.126 e. The summed E-state index contributed by atoms with van der Waals surface area (Å²) in [5.74, 6) is -0.0921. The lowest BCUT2D eigenvalue weighted by atomic mass is 10.00. The number of hydrogen-bond acceptors (Lipinski definition) is 2. The van der Waals surface area contributed by atoms with E-state index >= 15 is 0 Å². The lowest BCUT2D eigenvalue weighted by Gasteiger charge is -2.31. The van der Waals surface area contributed by atoms with Gasteiger partial charge < -0.3 is 10.2 Å². The van der Waals surface area contributed by atoms with Crippen LogP contribution in [0.2, 0.25) is 0 Å². The molecule has 1 aromatic rings. The lowest BCUT2D eigenvalue weighted by molar-refractivity contribution is 0.546. The molecule has 3 heteroatoms. The van der Waals surface area contributed by atoms with Gasteiger partial charge in [-0.3, -0.25) is 0 Å². The summed E-state index contributed by atoms with van der Waals surface area (Å²) < 4.78 is 14.0. The molecule has 1 fully saturated rings. The van der Waals surface area contributed by atoms with Crippen LogP contribution in [0.15, 0.2) is 12.1 Å². The van der Waals surface area contributed by atoms with E-state index in [4.69, 9.17) is 0 Å². The fourth-order valence-electron chi connectivity index (χ4n) is 3.21. The van der Waals surface area contributed by atoms with Gasteiger partial charge in [-0.2, -0.15) is 0 Å². The monoisotopic (exact) mass is 292 g/mol. The Labute approximate surface area is 128 Å². The van der Waals surface area contributed by atoms with Crippen molar-refractivity contribution in [2.75, 3.05) is 24.5 Å². The first-order valence-corrected chi connectivity index (χ1v) is 8.42. The van der Waals surface area contributed by atoms with Crippen molar-refractivity contribution in [2.45, 2.75) is 58.9 Å². The molecule has 0 radical (unpaired) electrons. The summed E-state index contributed by atoms with van der Waals surface area (Å²) >= 11 is 0.